The van der Waals surface area contributed by atoms with E-state index in [1.807, 2.05) is 0 Å². The summed E-state index contributed by atoms with van der Waals surface area (Å²) < 4.78 is 9.50. The summed E-state index contributed by atoms with van der Waals surface area (Å²) in [4.78, 5) is 8.56. The maximum absolute atomic E-state index is 9.50. The van der Waals surface area contributed by atoms with E-state index in [0.29, 0.717) is 7.18 Å². The van der Waals surface area contributed by atoms with Gasteiger partial charge in [-0.1, -0.05) is 0 Å². The molecule has 0 spiro atoms. The van der Waals surface area contributed by atoms with Crippen molar-refractivity contribution < 1.29 is 19.4 Å². The van der Waals surface area contributed by atoms with Gasteiger partial charge in [0, 0.05) is 0 Å². The molecule has 0 bridgehead atoms. The highest BCUT2D eigenvalue weighted by Gasteiger charge is 1.70. The van der Waals surface area contributed by atoms with Crippen LogP contribution >= 0.6 is 0 Å². The minimum Gasteiger partial charge on any atom is -0.450 e. The molecule has 3 nitrogen and oxygen atoms in total. The van der Waals surface area contributed by atoms with Gasteiger partial charge in [-0.15, -0.1) is 13.2 Å². The number of carboxylic acid groups (broad SMARTS) is 2. The number of hydrogen-bond acceptors (Lipinski definition) is 1. The first-order valence-electron chi connectivity index (χ1n) is 1.53. The van der Waals surface area contributed by atoms with Crippen LogP contribution in [0, 0.1) is 0 Å². The highest BCUT2D eigenvalue weighted by molar-refractivity contribution is 5.53. The van der Waals surface area contributed by atoms with Crippen molar-refractivity contribution in [3.8, 4) is 0 Å². The lowest BCUT2D eigenvalue weighted by molar-refractivity contribution is 0.137. The molecule has 0 saturated carbocycles. The van der Waals surface area contributed by atoms with Gasteiger partial charge in [-0.2, -0.15) is 0 Å². The van der Waals surface area contributed by atoms with Crippen LogP contribution in [0.1, 0.15) is 0 Å². The van der Waals surface area contributed by atoms with E-state index in [4.69, 9.17) is 15.0 Å². The van der Waals surface area contributed by atoms with E-state index in [0.717, 1.165) is 0 Å². The SMILES string of the molecule is C=C.CF.O=C(O)O. The number of alkyl halides is 1. The largest absolute Gasteiger partial charge is 0.503 e. The van der Waals surface area contributed by atoms with E-state index >= 15 is 0 Å². The standard InChI is InChI=1S/C2H4.CH3F.CH2O3/c2*1-2;2-1(3)4/h1-2H2;1H3;(H2,2,3,4). The first-order valence-corrected chi connectivity index (χ1v) is 1.53. The number of halogens is 1. The quantitative estimate of drug-likeness (QED) is 0.482. The molecule has 0 radical (unpaired) electrons. The second-order valence-corrected chi connectivity index (χ2v) is 0.283. The van der Waals surface area contributed by atoms with Crippen LogP contribution in [0.15, 0.2) is 13.2 Å². The Labute approximate surface area is 47.1 Å². The molecule has 0 aliphatic rings. The lowest BCUT2D eigenvalue weighted by Gasteiger charge is -1.60. The topological polar surface area (TPSA) is 57.5 Å². The van der Waals surface area contributed by atoms with Crippen LogP contribution in [0.5, 0.6) is 0 Å². The Balaban J connectivity index is -0.0000000542. The molecule has 0 aromatic heterocycles. The van der Waals surface area contributed by atoms with Crippen LogP contribution in [-0.4, -0.2) is 23.5 Å². The fourth-order valence-corrected chi connectivity index (χ4v) is 0. The third kappa shape index (κ3) is 68.3. The van der Waals surface area contributed by atoms with Gasteiger partial charge in [0.15, 0.2) is 0 Å². The summed E-state index contributed by atoms with van der Waals surface area (Å²) in [5.74, 6) is 0. The van der Waals surface area contributed by atoms with E-state index in [1.54, 1.807) is 0 Å². The average Bonchev–Trinajstić information content (AvgIpc) is 1.75. The highest BCUT2D eigenvalue weighted by Crippen LogP contribution is 1.42. The molecule has 4 heteroatoms. The van der Waals surface area contributed by atoms with Gasteiger partial charge in [-0.3, -0.25) is 4.39 Å². The Hall–Kier alpha value is -1.06. The molecule has 0 amide bonds. The Morgan fingerprint density at radius 1 is 1.38 bits per heavy atom. The maximum Gasteiger partial charge on any atom is 0.503 e. The summed E-state index contributed by atoms with van der Waals surface area (Å²) in [5.41, 5.74) is 0. The maximum atomic E-state index is 9.50. The average molecular weight is 124 g/mol. The summed E-state index contributed by atoms with van der Waals surface area (Å²) >= 11 is 0. The third-order valence-corrected chi connectivity index (χ3v) is 0. The highest BCUT2D eigenvalue weighted by atomic mass is 19.1. The van der Waals surface area contributed by atoms with E-state index < -0.39 is 6.16 Å². The van der Waals surface area contributed by atoms with Gasteiger partial charge in [0.1, 0.15) is 0 Å². The molecule has 0 atom stereocenters. The molecule has 0 heterocycles. The van der Waals surface area contributed by atoms with Crippen molar-refractivity contribution in [3.05, 3.63) is 13.2 Å². The van der Waals surface area contributed by atoms with Crippen LogP contribution in [-0.2, 0) is 0 Å². The predicted molar refractivity (Wildman–Crippen MR) is 28.9 cm³/mol. The molecular weight excluding hydrogens is 115 g/mol. The molecule has 50 valence electrons. The normalized spacial score (nSPS) is 4.25. The Morgan fingerprint density at radius 3 is 1.38 bits per heavy atom. The minimum absolute atomic E-state index is 0.500. The van der Waals surface area contributed by atoms with Crippen molar-refractivity contribution in [1.29, 1.82) is 0 Å². The van der Waals surface area contributed by atoms with Gasteiger partial charge < -0.3 is 10.2 Å². The van der Waals surface area contributed by atoms with Gasteiger partial charge in [-0.25, -0.2) is 4.79 Å². The van der Waals surface area contributed by atoms with Crippen LogP contribution in [0.4, 0.5) is 9.18 Å². The molecule has 0 aliphatic heterocycles. The Morgan fingerprint density at radius 2 is 1.38 bits per heavy atom. The smallest absolute Gasteiger partial charge is 0.450 e. The second kappa shape index (κ2) is 38.5. The number of carbonyl (C=O) groups is 1. The van der Waals surface area contributed by atoms with Gasteiger partial charge in [0.05, 0.1) is 7.18 Å². The zero-order chi connectivity index (χ0) is 7.58. The fourth-order valence-electron chi connectivity index (χ4n) is 0. The fraction of sp³-hybridized carbons (Fsp3) is 0.250. The van der Waals surface area contributed by atoms with E-state index in [9.17, 15) is 4.39 Å². The van der Waals surface area contributed by atoms with Gasteiger partial charge in [-0.05, 0) is 0 Å². The summed E-state index contributed by atoms with van der Waals surface area (Å²) in [6.45, 7) is 6.00. The Kier molecular flexibility index (Phi) is 75.9. The van der Waals surface area contributed by atoms with Crippen molar-refractivity contribution in [2.24, 2.45) is 0 Å². The molecule has 0 aromatic carbocycles. The second-order valence-electron chi connectivity index (χ2n) is 0.283. The molecule has 0 aliphatic carbocycles. The molecule has 2 N–H and O–H groups in total. The zero-order valence-electron chi connectivity index (χ0n) is 4.59. The molecule has 0 saturated heterocycles. The monoisotopic (exact) mass is 124 g/mol. The van der Waals surface area contributed by atoms with Crippen molar-refractivity contribution in [1.82, 2.24) is 0 Å². The number of rotatable bonds is 0. The molecule has 0 unspecified atom stereocenters. The molecule has 0 aromatic rings. The third-order valence-electron chi connectivity index (χ3n) is 0. The molecular formula is C4H9FO3. The molecule has 0 rings (SSSR count). The summed E-state index contributed by atoms with van der Waals surface area (Å²) in [6, 6.07) is 0. The van der Waals surface area contributed by atoms with Crippen LogP contribution in [0.25, 0.3) is 0 Å². The van der Waals surface area contributed by atoms with Crippen molar-refractivity contribution in [2.75, 3.05) is 7.18 Å². The number of hydrogen-bond donors (Lipinski definition) is 2. The van der Waals surface area contributed by atoms with Crippen LogP contribution in [0.3, 0.4) is 0 Å². The van der Waals surface area contributed by atoms with Gasteiger partial charge in [0.2, 0.25) is 0 Å². The van der Waals surface area contributed by atoms with E-state index in [1.165, 1.54) is 0 Å². The predicted octanol–water partition coefficient (Wildman–Crippen LogP) is 1.61. The summed E-state index contributed by atoms with van der Waals surface area (Å²) in [5, 5.41) is 13.9. The first-order chi connectivity index (χ1) is 3.73. The first kappa shape index (κ1) is 15.8. The van der Waals surface area contributed by atoms with Crippen LogP contribution < -0.4 is 0 Å². The molecule has 8 heavy (non-hydrogen) atoms. The summed E-state index contributed by atoms with van der Waals surface area (Å²) in [6.07, 6.45) is -1.83. The van der Waals surface area contributed by atoms with Crippen molar-refractivity contribution in [3.63, 3.8) is 0 Å². The van der Waals surface area contributed by atoms with Crippen molar-refractivity contribution in [2.45, 2.75) is 0 Å². The lowest BCUT2D eigenvalue weighted by atomic mass is 11.3. The van der Waals surface area contributed by atoms with Gasteiger partial charge >= 0.3 is 6.16 Å². The lowest BCUT2D eigenvalue weighted by Crippen LogP contribution is -1.81. The van der Waals surface area contributed by atoms with Crippen LogP contribution in [0.2, 0.25) is 0 Å². The Bertz CT molecular complexity index is 42.5. The summed E-state index contributed by atoms with van der Waals surface area (Å²) in [7, 11) is 0.500. The zero-order valence-corrected chi connectivity index (χ0v) is 4.59. The van der Waals surface area contributed by atoms with E-state index in [2.05, 4.69) is 13.2 Å². The van der Waals surface area contributed by atoms with Gasteiger partial charge in [0.25, 0.3) is 0 Å². The van der Waals surface area contributed by atoms with E-state index in [-0.39, 0.29) is 0 Å². The molecule has 0 fully saturated rings. The minimum atomic E-state index is -1.83. The van der Waals surface area contributed by atoms with Crippen molar-refractivity contribution >= 4 is 6.16 Å².